The monoisotopic (exact) mass is 347 g/mol. The van der Waals surface area contributed by atoms with Crippen molar-refractivity contribution in [1.29, 1.82) is 0 Å². The highest BCUT2D eigenvalue weighted by atomic mass is 16.2. The molecule has 3 saturated carbocycles. The SMILES string of the molecule is NC1CC2CCCC(C1)C2NC(=O)CN1C(=O)C2CCCCC2C1=O. The summed E-state index contributed by atoms with van der Waals surface area (Å²) in [7, 11) is 0. The molecule has 6 nitrogen and oxygen atoms in total. The van der Waals surface area contributed by atoms with E-state index >= 15 is 0 Å². The first kappa shape index (κ1) is 17.0. The first-order valence-corrected chi connectivity index (χ1v) is 9.94. The van der Waals surface area contributed by atoms with Gasteiger partial charge in [-0.05, 0) is 50.4 Å². The summed E-state index contributed by atoms with van der Waals surface area (Å²) in [5.74, 6) is 0.0874. The number of carbonyl (C=O) groups is 3. The van der Waals surface area contributed by atoms with Gasteiger partial charge in [-0.25, -0.2) is 0 Å². The molecule has 4 atom stereocenters. The first-order valence-electron chi connectivity index (χ1n) is 9.94. The Bertz CT molecular complexity index is 540. The first-order chi connectivity index (χ1) is 12.0. The number of likely N-dealkylation sites (tertiary alicyclic amines) is 1. The third-order valence-electron chi connectivity index (χ3n) is 6.94. The molecule has 1 aliphatic heterocycles. The summed E-state index contributed by atoms with van der Waals surface area (Å²) in [6.07, 6.45) is 8.96. The van der Waals surface area contributed by atoms with Gasteiger partial charge < -0.3 is 11.1 Å². The molecule has 3 aliphatic carbocycles. The Kier molecular flexibility index (Phi) is 4.56. The summed E-state index contributed by atoms with van der Waals surface area (Å²) < 4.78 is 0. The number of fused-ring (bicyclic) bond motifs is 3. The van der Waals surface area contributed by atoms with Crippen LogP contribution in [-0.4, -0.2) is 41.2 Å². The molecule has 3 amide bonds. The fourth-order valence-electron chi connectivity index (χ4n) is 5.79. The van der Waals surface area contributed by atoms with Crippen LogP contribution in [0.3, 0.4) is 0 Å². The average Bonchev–Trinajstić information content (AvgIpc) is 2.81. The van der Waals surface area contributed by atoms with Crippen molar-refractivity contribution in [2.24, 2.45) is 29.4 Å². The maximum Gasteiger partial charge on any atom is 0.240 e. The molecule has 2 bridgehead atoms. The molecule has 0 aromatic rings. The lowest BCUT2D eigenvalue weighted by Gasteiger charge is -2.45. The van der Waals surface area contributed by atoms with Crippen LogP contribution in [0.15, 0.2) is 0 Å². The quantitative estimate of drug-likeness (QED) is 0.750. The maximum atomic E-state index is 12.6. The van der Waals surface area contributed by atoms with Gasteiger partial charge in [0, 0.05) is 12.1 Å². The zero-order valence-electron chi connectivity index (χ0n) is 14.8. The van der Waals surface area contributed by atoms with Crippen LogP contribution in [0, 0.1) is 23.7 Å². The van der Waals surface area contributed by atoms with Crippen LogP contribution in [0.2, 0.25) is 0 Å². The third kappa shape index (κ3) is 3.09. The second kappa shape index (κ2) is 6.71. The average molecular weight is 347 g/mol. The lowest BCUT2D eigenvalue weighted by Crippen LogP contribution is -2.55. The molecule has 3 N–H and O–H groups in total. The van der Waals surface area contributed by atoms with E-state index in [1.54, 1.807) is 0 Å². The highest BCUT2D eigenvalue weighted by Crippen LogP contribution is 2.40. The van der Waals surface area contributed by atoms with Gasteiger partial charge in [0.1, 0.15) is 6.54 Å². The largest absolute Gasteiger partial charge is 0.351 e. The molecule has 4 unspecified atom stereocenters. The van der Waals surface area contributed by atoms with E-state index in [9.17, 15) is 14.4 Å². The maximum absolute atomic E-state index is 12.6. The number of nitrogens with one attached hydrogen (secondary N) is 1. The Labute approximate surface area is 148 Å². The van der Waals surface area contributed by atoms with Crippen molar-refractivity contribution in [2.45, 2.75) is 69.9 Å². The Hall–Kier alpha value is -1.43. The van der Waals surface area contributed by atoms with E-state index in [2.05, 4.69) is 5.32 Å². The van der Waals surface area contributed by atoms with Crippen molar-refractivity contribution in [1.82, 2.24) is 10.2 Å². The third-order valence-corrected chi connectivity index (χ3v) is 6.94. The summed E-state index contributed by atoms with van der Waals surface area (Å²) in [5, 5.41) is 3.15. The number of carbonyl (C=O) groups excluding carboxylic acids is 3. The van der Waals surface area contributed by atoms with Gasteiger partial charge in [0.05, 0.1) is 11.8 Å². The van der Waals surface area contributed by atoms with Crippen molar-refractivity contribution in [3.8, 4) is 0 Å². The standard InChI is InChI=1S/C19H29N3O3/c20-13-8-11-4-3-5-12(9-13)17(11)21-16(23)10-22-18(24)14-6-1-2-7-15(14)19(22)25/h11-15,17H,1-10,20H2,(H,21,23). The van der Waals surface area contributed by atoms with Crippen molar-refractivity contribution in [3.05, 3.63) is 0 Å². The van der Waals surface area contributed by atoms with E-state index in [1.165, 1.54) is 11.3 Å². The van der Waals surface area contributed by atoms with Crippen molar-refractivity contribution in [2.75, 3.05) is 6.54 Å². The van der Waals surface area contributed by atoms with Crippen LogP contribution in [0.4, 0.5) is 0 Å². The molecule has 1 heterocycles. The van der Waals surface area contributed by atoms with E-state index in [0.717, 1.165) is 51.4 Å². The molecule has 0 radical (unpaired) electrons. The second-order valence-corrected chi connectivity index (χ2v) is 8.54. The van der Waals surface area contributed by atoms with Crippen molar-refractivity contribution >= 4 is 17.7 Å². The molecule has 25 heavy (non-hydrogen) atoms. The minimum Gasteiger partial charge on any atom is -0.351 e. The predicted octanol–water partition coefficient (Wildman–Crippen LogP) is 1.18. The molecule has 0 aromatic carbocycles. The van der Waals surface area contributed by atoms with Gasteiger partial charge in [-0.1, -0.05) is 19.3 Å². The van der Waals surface area contributed by atoms with Crippen LogP contribution in [0.1, 0.15) is 57.8 Å². The Balaban J connectivity index is 1.39. The van der Waals surface area contributed by atoms with Crippen LogP contribution < -0.4 is 11.1 Å². The summed E-state index contributed by atoms with van der Waals surface area (Å²) >= 11 is 0. The summed E-state index contributed by atoms with van der Waals surface area (Å²) in [6, 6.07) is 0.407. The van der Waals surface area contributed by atoms with Gasteiger partial charge in [0.25, 0.3) is 0 Å². The van der Waals surface area contributed by atoms with Crippen LogP contribution in [0.25, 0.3) is 0 Å². The molecule has 4 aliphatic rings. The molecule has 138 valence electrons. The zero-order chi connectivity index (χ0) is 17.6. The molecule has 6 heteroatoms. The fourth-order valence-corrected chi connectivity index (χ4v) is 5.79. The van der Waals surface area contributed by atoms with Gasteiger partial charge in [-0.2, -0.15) is 0 Å². The molecule has 1 saturated heterocycles. The normalized spacial score (nSPS) is 40.8. The summed E-state index contributed by atoms with van der Waals surface area (Å²) in [6.45, 7) is -0.105. The molecular formula is C19H29N3O3. The molecule has 0 spiro atoms. The number of hydrogen-bond donors (Lipinski definition) is 2. The second-order valence-electron chi connectivity index (χ2n) is 8.54. The highest BCUT2D eigenvalue weighted by molar-refractivity contribution is 6.07. The van der Waals surface area contributed by atoms with Crippen LogP contribution in [-0.2, 0) is 14.4 Å². The summed E-state index contributed by atoms with van der Waals surface area (Å²) in [5.41, 5.74) is 6.14. The van der Waals surface area contributed by atoms with Crippen molar-refractivity contribution < 1.29 is 14.4 Å². The molecule has 4 rings (SSSR count). The number of amides is 3. The van der Waals surface area contributed by atoms with E-state index < -0.39 is 0 Å². The van der Waals surface area contributed by atoms with E-state index in [1.807, 2.05) is 0 Å². The zero-order valence-corrected chi connectivity index (χ0v) is 14.8. The Morgan fingerprint density at radius 1 is 0.960 bits per heavy atom. The number of hydrogen-bond acceptors (Lipinski definition) is 4. The lowest BCUT2D eigenvalue weighted by atomic mass is 9.67. The number of imide groups is 1. The summed E-state index contributed by atoms with van der Waals surface area (Å²) in [4.78, 5) is 38.9. The minimum atomic E-state index is -0.183. The van der Waals surface area contributed by atoms with Crippen LogP contribution in [0.5, 0.6) is 0 Å². The smallest absolute Gasteiger partial charge is 0.240 e. The molecule has 4 fully saturated rings. The van der Waals surface area contributed by atoms with Crippen LogP contribution >= 0.6 is 0 Å². The van der Waals surface area contributed by atoms with Gasteiger partial charge in [-0.15, -0.1) is 0 Å². The van der Waals surface area contributed by atoms with Crippen molar-refractivity contribution in [3.63, 3.8) is 0 Å². The highest BCUT2D eigenvalue weighted by Gasteiger charge is 2.49. The number of rotatable bonds is 3. The molecule has 0 aromatic heterocycles. The molecular weight excluding hydrogens is 318 g/mol. The Morgan fingerprint density at radius 2 is 1.52 bits per heavy atom. The number of nitrogens with two attached hydrogens (primary N) is 1. The minimum absolute atomic E-state index is 0.105. The van der Waals surface area contributed by atoms with E-state index in [0.29, 0.717) is 11.8 Å². The van der Waals surface area contributed by atoms with Gasteiger partial charge in [0.15, 0.2) is 0 Å². The van der Waals surface area contributed by atoms with E-state index in [4.69, 9.17) is 5.73 Å². The van der Waals surface area contributed by atoms with Gasteiger partial charge in [0.2, 0.25) is 17.7 Å². The Morgan fingerprint density at radius 3 is 2.08 bits per heavy atom. The lowest BCUT2D eigenvalue weighted by molar-refractivity contribution is -0.144. The predicted molar refractivity (Wildman–Crippen MR) is 92.1 cm³/mol. The number of nitrogens with zero attached hydrogens (tertiary/aromatic N) is 1. The fraction of sp³-hybridized carbons (Fsp3) is 0.842. The van der Waals surface area contributed by atoms with E-state index in [-0.39, 0.29) is 48.2 Å². The van der Waals surface area contributed by atoms with Gasteiger partial charge >= 0.3 is 0 Å². The topological polar surface area (TPSA) is 92.5 Å². The van der Waals surface area contributed by atoms with Gasteiger partial charge in [-0.3, -0.25) is 19.3 Å².